The van der Waals surface area contributed by atoms with Crippen molar-refractivity contribution in [3.63, 3.8) is 0 Å². The molecule has 0 unspecified atom stereocenters. The molecule has 0 amide bonds. The van der Waals surface area contributed by atoms with Crippen molar-refractivity contribution in [2.75, 3.05) is 0 Å². The molecule has 1 spiro atoms. The largest absolute Gasteiger partial charge is 0.418 e. The lowest BCUT2D eigenvalue weighted by Gasteiger charge is -2.48. The second-order valence-electron chi connectivity index (χ2n) is 9.54. The molecule has 34 heavy (non-hydrogen) atoms. The zero-order valence-electron chi connectivity index (χ0n) is 18.2. The van der Waals surface area contributed by atoms with Crippen LogP contribution < -0.4 is 5.69 Å². The third-order valence-electron chi connectivity index (χ3n) is 7.33. The summed E-state index contributed by atoms with van der Waals surface area (Å²) < 4.78 is 45.0. The van der Waals surface area contributed by atoms with E-state index in [0.717, 1.165) is 40.9 Å². The van der Waals surface area contributed by atoms with E-state index < -0.39 is 17.4 Å². The molecule has 2 aliphatic rings. The van der Waals surface area contributed by atoms with E-state index in [0.29, 0.717) is 11.1 Å². The summed E-state index contributed by atoms with van der Waals surface area (Å²) in [6.07, 6.45) is 3.48. The zero-order chi connectivity index (χ0) is 23.9. The van der Waals surface area contributed by atoms with Crippen molar-refractivity contribution in [2.45, 2.75) is 37.3 Å². The van der Waals surface area contributed by atoms with Crippen LogP contribution in [-0.2, 0) is 18.6 Å². The van der Waals surface area contributed by atoms with Gasteiger partial charge in [-0.2, -0.15) is 18.4 Å². The van der Waals surface area contributed by atoms with Crippen molar-refractivity contribution in [2.24, 2.45) is 12.5 Å². The van der Waals surface area contributed by atoms with Gasteiger partial charge in [0.25, 0.3) is 0 Å². The number of nitriles is 1. The molecular weight excluding hydrogens is 445 g/mol. The van der Waals surface area contributed by atoms with Gasteiger partial charge in [-0.05, 0) is 54.9 Å². The SMILES string of the molecule is Cn1cnnc1C1(c2cccc(-n3cc4c(C(F)(F)F)cc(C#N)cn4c3=O)c2)CC2(CC2)C1. The van der Waals surface area contributed by atoms with Crippen LogP contribution in [0.2, 0.25) is 0 Å². The average molecular weight is 464 g/mol. The van der Waals surface area contributed by atoms with E-state index in [1.807, 2.05) is 23.7 Å². The van der Waals surface area contributed by atoms with Crippen molar-refractivity contribution in [1.29, 1.82) is 5.26 Å². The standard InChI is InChI=1S/C24H19F3N6O/c1-31-14-29-30-20(31)23(12-22(13-23)5-6-22)16-3-2-4-17(8-16)32-11-19-18(24(25,26)27)7-15(9-28)10-33(19)21(32)34/h2-4,7-8,10-11,14H,5-6,12-13H2,1H3. The first kappa shape index (κ1) is 20.7. The van der Waals surface area contributed by atoms with Gasteiger partial charge in [0.05, 0.1) is 27.7 Å². The quantitative estimate of drug-likeness (QED) is 0.460. The molecule has 10 heteroatoms. The first-order chi connectivity index (χ1) is 16.2. The molecule has 0 N–H and O–H groups in total. The number of aromatic nitrogens is 5. The Morgan fingerprint density at radius 3 is 2.53 bits per heavy atom. The molecule has 3 heterocycles. The monoisotopic (exact) mass is 464 g/mol. The molecule has 172 valence electrons. The van der Waals surface area contributed by atoms with Crippen LogP contribution in [0.1, 0.15) is 48.2 Å². The van der Waals surface area contributed by atoms with E-state index in [9.17, 15) is 18.0 Å². The predicted molar refractivity (Wildman–Crippen MR) is 115 cm³/mol. The van der Waals surface area contributed by atoms with E-state index in [1.54, 1.807) is 24.5 Å². The Balaban J connectivity index is 1.52. The van der Waals surface area contributed by atoms with Gasteiger partial charge in [0, 0.05) is 19.4 Å². The van der Waals surface area contributed by atoms with Crippen molar-refractivity contribution in [3.05, 3.63) is 82.1 Å². The highest BCUT2D eigenvalue weighted by atomic mass is 19.4. The number of alkyl halides is 3. The lowest BCUT2D eigenvalue weighted by molar-refractivity contribution is -0.136. The molecule has 0 atom stereocenters. The van der Waals surface area contributed by atoms with E-state index in [1.165, 1.54) is 23.6 Å². The summed E-state index contributed by atoms with van der Waals surface area (Å²) in [5.74, 6) is 0.842. The van der Waals surface area contributed by atoms with Crippen LogP contribution in [-0.4, -0.2) is 23.7 Å². The normalized spacial score (nSPS) is 18.1. The van der Waals surface area contributed by atoms with Crippen LogP contribution >= 0.6 is 0 Å². The molecular formula is C24H19F3N6O. The summed E-state index contributed by atoms with van der Waals surface area (Å²) in [6, 6.07) is 9.79. The van der Waals surface area contributed by atoms with Crippen molar-refractivity contribution >= 4 is 5.52 Å². The van der Waals surface area contributed by atoms with Crippen LogP contribution in [0.4, 0.5) is 13.2 Å². The Labute approximate surface area is 191 Å². The molecule has 7 nitrogen and oxygen atoms in total. The molecule has 0 radical (unpaired) electrons. The molecule has 2 fully saturated rings. The molecule has 4 aromatic rings. The van der Waals surface area contributed by atoms with Crippen LogP contribution in [0.15, 0.2) is 53.8 Å². The fourth-order valence-corrected chi connectivity index (χ4v) is 5.58. The number of hydrogen-bond donors (Lipinski definition) is 0. The number of fused-ring (bicyclic) bond motifs is 1. The molecule has 6 rings (SSSR count). The van der Waals surface area contributed by atoms with Crippen molar-refractivity contribution in [3.8, 4) is 11.8 Å². The summed E-state index contributed by atoms with van der Waals surface area (Å²) in [5.41, 5.74) is -0.849. The minimum absolute atomic E-state index is 0.237. The number of nitrogens with zero attached hydrogens (tertiary/aromatic N) is 6. The topological polar surface area (TPSA) is 80.9 Å². The first-order valence-corrected chi connectivity index (χ1v) is 10.9. The molecule has 0 bridgehead atoms. The Bertz CT molecular complexity index is 1560. The lowest BCUT2D eigenvalue weighted by Crippen LogP contribution is -2.45. The summed E-state index contributed by atoms with van der Waals surface area (Å²) in [7, 11) is 1.90. The van der Waals surface area contributed by atoms with E-state index in [4.69, 9.17) is 5.26 Å². The van der Waals surface area contributed by atoms with Crippen molar-refractivity contribution < 1.29 is 13.2 Å². The van der Waals surface area contributed by atoms with Gasteiger partial charge in [0.1, 0.15) is 18.2 Å². The highest BCUT2D eigenvalue weighted by Gasteiger charge is 2.63. The number of benzene rings is 1. The maximum Gasteiger partial charge on any atom is 0.418 e. The molecule has 0 aliphatic heterocycles. The maximum absolute atomic E-state index is 13.7. The first-order valence-electron chi connectivity index (χ1n) is 10.9. The maximum atomic E-state index is 13.7. The number of hydrogen-bond acceptors (Lipinski definition) is 4. The van der Waals surface area contributed by atoms with Crippen LogP contribution in [0, 0.1) is 16.7 Å². The van der Waals surface area contributed by atoms with Gasteiger partial charge >= 0.3 is 11.9 Å². The molecule has 2 aliphatic carbocycles. The minimum atomic E-state index is -4.71. The highest BCUT2D eigenvalue weighted by molar-refractivity contribution is 5.59. The summed E-state index contributed by atoms with van der Waals surface area (Å²) in [6.45, 7) is 0. The van der Waals surface area contributed by atoms with Gasteiger partial charge in [0.2, 0.25) is 0 Å². The van der Waals surface area contributed by atoms with Crippen molar-refractivity contribution in [1.82, 2.24) is 23.7 Å². The number of halogens is 3. The van der Waals surface area contributed by atoms with Gasteiger partial charge in [-0.15, -0.1) is 10.2 Å². The third-order valence-corrected chi connectivity index (χ3v) is 7.33. The number of rotatable bonds is 3. The fraction of sp³-hybridized carbons (Fsp3) is 0.333. The summed E-state index contributed by atoms with van der Waals surface area (Å²) >= 11 is 0. The second-order valence-corrected chi connectivity index (χ2v) is 9.54. The van der Waals surface area contributed by atoms with Gasteiger partial charge in [-0.25, -0.2) is 4.79 Å². The number of pyridine rings is 1. The molecule has 2 saturated carbocycles. The smallest absolute Gasteiger partial charge is 0.320 e. The molecule has 1 aromatic carbocycles. The Kier molecular flexibility index (Phi) is 4.02. The predicted octanol–water partition coefficient (Wildman–Crippen LogP) is 3.97. The van der Waals surface area contributed by atoms with Crippen LogP contribution in [0.5, 0.6) is 0 Å². The Hall–Kier alpha value is -3.87. The Morgan fingerprint density at radius 1 is 1.15 bits per heavy atom. The Morgan fingerprint density at radius 2 is 1.91 bits per heavy atom. The van der Waals surface area contributed by atoms with E-state index in [2.05, 4.69) is 10.2 Å². The fourth-order valence-electron chi connectivity index (χ4n) is 5.58. The number of aryl methyl sites for hydroxylation is 1. The number of imidazole rings is 1. The molecule has 3 aromatic heterocycles. The average Bonchev–Trinajstić information content (AvgIpc) is 3.35. The summed E-state index contributed by atoms with van der Waals surface area (Å²) in [4.78, 5) is 13.1. The van der Waals surface area contributed by atoms with Gasteiger partial charge < -0.3 is 4.57 Å². The zero-order valence-corrected chi connectivity index (χ0v) is 18.2. The van der Waals surface area contributed by atoms with Gasteiger partial charge in [-0.3, -0.25) is 8.97 Å². The summed E-state index contributed by atoms with van der Waals surface area (Å²) in [5, 5.41) is 17.6. The lowest BCUT2D eigenvalue weighted by atomic mass is 9.56. The second kappa shape index (κ2) is 6.59. The van der Waals surface area contributed by atoms with Crippen LogP contribution in [0.3, 0.4) is 0 Å². The van der Waals surface area contributed by atoms with E-state index in [-0.39, 0.29) is 16.5 Å². The van der Waals surface area contributed by atoms with Gasteiger partial charge in [-0.1, -0.05) is 12.1 Å². The third kappa shape index (κ3) is 2.86. The molecule has 0 saturated heterocycles. The van der Waals surface area contributed by atoms with Crippen LogP contribution in [0.25, 0.3) is 11.2 Å². The van der Waals surface area contributed by atoms with E-state index >= 15 is 0 Å². The van der Waals surface area contributed by atoms with Gasteiger partial charge in [0.15, 0.2) is 0 Å². The minimum Gasteiger partial charge on any atom is -0.320 e. The highest BCUT2D eigenvalue weighted by Crippen LogP contribution is 2.70.